The van der Waals surface area contributed by atoms with Crippen molar-refractivity contribution in [2.24, 2.45) is 4.99 Å². The van der Waals surface area contributed by atoms with Crippen LogP contribution < -0.4 is 5.32 Å². The monoisotopic (exact) mass is 283 g/mol. The maximum atomic E-state index is 11.9. The van der Waals surface area contributed by atoms with Crippen LogP contribution in [-0.2, 0) is 4.74 Å². The molecule has 0 rings (SSSR count). The Kier molecular flexibility index (Phi) is 7.32. The van der Waals surface area contributed by atoms with Crippen molar-refractivity contribution in [3.05, 3.63) is 11.3 Å². The highest BCUT2D eigenvalue weighted by atomic mass is 16.6. The van der Waals surface area contributed by atoms with E-state index in [1.54, 1.807) is 19.0 Å². The van der Waals surface area contributed by atoms with E-state index >= 15 is 0 Å². The highest BCUT2D eigenvalue weighted by Crippen LogP contribution is 2.11. The molecule has 0 aromatic heterocycles. The van der Waals surface area contributed by atoms with Gasteiger partial charge in [0.1, 0.15) is 5.60 Å². The van der Waals surface area contributed by atoms with E-state index in [1.807, 2.05) is 41.5 Å². The molecule has 1 amide bonds. The van der Waals surface area contributed by atoms with Gasteiger partial charge in [-0.2, -0.15) is 0 Å². The van der Waals surface area contributed by atoms with Crippen LogP contribution in [0.25, 0.3) is 0 Å². The summed E-state index contributed by atoms with van der Waals surface area (Å²) in [6, 6.07) is 0. The zero-order chi connectivity index (χ0) is 15.9. The van der Waals surface area contributed by atoms with Crippen LogP contribution in [0, 0.1) is 0 Å². The number of carbonyl (C=O) groups is 1. The van der Waals surface area contributed by atoms with Crippen molar-refractivity contribution in [3.63, 3.8) is 0 Å². The van der Waals surface area contributed by atoms with Gasteiger partial charge in [-0.1, -0.05) is 5.57 Å². The van der Waals surface area contributed by atoms with Crippen LogP contribution in [0.5, 0.6) is 0 Å². The van der Waals surface area contributed by atoms with E-state index in [0.717, 1.165) is 18.0 Å². The van der Waals surface area contributed by atoms with Gasteiger partial charge in [-0.3, -0.25) is 4.99 Å². The molecule has 1 N–H and O–H groups in total. The van der Waals surface area contributed by atoms with Gasteiger partial charge in [-0.25, -0.2) is 4.79 Å². The molecule has 0 aromatic rings. The average Bonchev–Trinajstić information content (AvgIpc) is 2.30. The summed E-state index contributed by atoms with van der Waals surface area (Å²) in [7, 11) is 3.50. The van der Waals surface area contributed by atoms with Crippen LogP contribution in [-0.4, -0.2) is 43.1 Å². The smallest absolute Gasteiger partial charge is 0.410 e. The van der Waals surface area contributed by atoms with Crippen LogP contribution >= 0.6 is 0 Å². The van der Waals surface area contributed by atoms with Crippen LogP contribution in [0.15, 0.2) is 16.3 Å². The Labute approximate surface area is 123 Å². The zero-order valence-corrected chi connectivity index (χ0v) is 14.1. The Hall–Kier alpha value is -1.52. The molecule has 0 aliphatic rings. The molecular formula is C15H29N3O2. The number of ether oxygens (including phenoxy) is 1. The lowest BCUT2D eigenvalue weighted by atomic mass is 10.2. The van der Waals surface area contributed by atoms with E-state index in [0.29, 0.717) is 6.54 Å². The average molecular weight is 283 g/mol. The van der Waals surface area contributed by atoms with Crippen molar-refractivity contribution in [2.75, 3.05) is 20.6 Å². The number of allylic oxidation sites excluding steroid dienone is 1. The maximum Gasteiger partial charge on any atom is 0.410 e. The molecule has 0 heterocycles. The molecular weight excluding hydrogens is 254 g/mol. The number of amidine groups is 1. The Bertz CT molecular complexity index is 388. The third-order valence-electron chi connectivity index (χ3n) is 2.67. The van der Waals surface area contributed by atoms with E-state index in [2.05, 4.69) is 10.3 Å². The predicted octanol–water partition coefficient (Wildman–Crippen LogP) is 3.18. The second-order valence-corrected chi connectivity index (χ2v) is 6.06. The second-order valence-electron chi connectivity index (χ2n) is 6.06. The first-order valence-electron chi connectivity index (χ1n) is 6.87. The number of carbonyl (C=O) groups excluding carboxylic acids is 1. The zero-order valence-electron chi connectivity index (χ0n) is 14.1. The summed E-state index contributed by atoms with van der Waals surface area (Å²) in [5.41, 5.74) is 1.81. The molecule has 0 bridgehead atoms. The topological polar surface area (TPSA) is 53.9 Å². The number of rotatable bonds is 4. The first kappa shape index (κ1) is 18.5. The molecule has 0 aromatic carbocycles. The molecule has 0 aliphatic heterocycles. The van der Waals surface area contributed by atoms with Crippen molar-refractivity contribution < 1.29 is 9.53 Å². The predicted molar refractivity (Wildman–Crippen MR) is 84.0 cm³/mol. The minimum Gasteiger partial charge on any atom is -0.444 e. The van der Waals surface area contributed by atoms with Gasteiger partial charge in [0.2, 0.25) is 0 Å². The Morgan fingerprint density at radius 3 is 2.20 bits per heavy atom. The van der Waals surface area contributed by atoms with Crippen LogP contribution in [0.2, 0.25) is 0 Å². The SMILES string of the molecule is CN=C(C)NC(CCN(C)C(=O)OC(C)(C)C)=C(C)C. The second kappa shape index (κ2) is 7.92. The lowest BCUT2D eigenvalue weighted by molar-refractivity contribution is 0.0300. The van der Waals surface area contributed by atoms with Crippen LogP contribution in [0.3, 0.4) is 0 Å². The van der Waals surface area contributed by atoms with Gasteiger partial charge < -0.3 is 15.0 Å². The molecule has 5 heteroatoms. The fourth-order valence-corrected chi connectivity index (χ4v) is 1.42. The van der Waals surface area contributed by atoms with Crippen molar-refractivity contribution in [3.8, 4) is 0 Å². The number of nitrogens with zero attached hydrogens (tertiary/aromatic N) is 2. The van der Waals surface area contributed by atoms with E-state index < -0.39 is 5.60 Å². The molecule has 0 fully saturated rings. The fraction of sp³-hybridized carbons (Fsp3) is 0.733. The molecule has 116 valence electrons. The highest BCUT2D eigenvalue weighted by Gasteiger charge is 2.19. The molecule has 0 aliphatic carbocycles. The van der Waals surface area contributed by atoms with Gasteiger partial charge in [-0.15, -0.1) is 0 Å². The summed E-state index contributed by atoms with van der Waals surface area (Å²) in [5, 5.41) is 3.26. The molecule has 0 saturated carbocycles. The number of hydrogen-bond acceptors (Lipinski definition) is 3. The summed E-state index contributed by atoms with van der Waals surface area (Å²) in [4.78, 5) is 17.5. The Morgan fingerprint density at radius 1 is 1.25 bits per heavy atom. The summed E-state index contributed by atoms with van der Waals surface area (Å²) >= 11 is 0. The summed E-state index contributed by atoms with van der Waals surface area (Å²) in [6.07, 6.45) is 0.441. The van der Waals surface area contributed by atoms with Crippen molar-refractivity contribution in [2.45, 2.75) is 53.6 Å². The van der Waals surface area contributed by atoms with Gasteiger partial charge in [0.25, 0.3) is 0 Å². The third-order valence-corrected chi connectivity index (χ3v) is 2.67. The number of nitrogens with one attached hydrogen (secondary N) is 1. The summed E-state index contributed by atoms with van der Waals surface area (Å²) in [5.74, 6) is 0.862. The molecule has 5 nitrogen and oxygen atoms in total. The first-order valence-corrected chi connectivity index (χ1v) is 6.87. The maximum absolute atomic E-state index is 11.9. The molecule has 0 unspecified atom stereocenters. The van der Waals surface area contributed by atoms with Crippen molar-refractivity contribution in [1.82, 2.24) is 10.2 Å². The van der Waals surface area contributed by atoms with Gasteiger partial charge in [0.05, 0.1) is 5.84 Å². The van der Waals surface area contributed by atoms with Gasteiger partial charge in [0, 0.05) is 32.8 Å². The number of aliphatic imine (C=N–C) groups is 1. The quantitative estimate of drug-likeness (QED) is 0.637. The minimum atomic E-state index is -0.464. The fourth-order valence-electron chi connectivity index (χ4n) is 1.42. The molecule has 0 spiro atoms. The summed E-state index contributed by atoms with van der Waals surface area (Å²) in [6.45, 7) is 12.2. The van der Waals surface area contributed by atoms with Crippen LogP contribution in [0.4, 0.5) is 4.79 Å². The van der Waals surface area contributed by atoms with Crippen LogP contribution in [0.1, 0.15) is 48.0 Å². The Morgan fingerprint density at radius 2 is 1.80 bits per heavy atom. The Balaban J connectivity index is 4.51. The van der Waals surface area contributed by atoms with Crippen molar-refractivity contribution in [1.29, 1.82) is 0 Å². The van der Waals surface area contributed by atoms with E-state index in [1.165, 1.54) is 5.57 Å². The lowest BCUT2D eigenvalue weighted by Gasteiger charge is -2.25. The third kappa shape index (κ3) is 7.81. The highest BCUT2D eigenvalue weighted by molar-refractivity contribution is 5.81. The van der Waals surface area contributed by atoms with Gasteiger partial charge in [0.15, 0.2) is 0 Å². The van der Waals surface area contributed by atoms with Gasteiger partial charge >= 0.3 is 6.09 Å². The number of hydrogen-bond donors (Lipinski definition) is 1. The van der Waals surface area contributed by atoms with E-state index in [4.69, 9.17) is 4.74 Å². The molecule has 0 saturated heterocycles. The lowest BCUT2D eigenvalue weighted by Crippen LogP contribution is -2.35. The molecule has 20 heavy (non-hydrogen) atoms. The van der Waals surface area contributed by atoms with Crippen molar-refractivity contribution >= 4 is 11.9 Å². The number of amides is 1. The molecule has 0 atom stereocenters. The van der Waals surface area contributed by atoms with E-state index in [9.17, 15) is 4.79 Å². The standard InChI is InChI=1S/C15H29N3O2/c1-11(2)13(17-12(3)16-7)9-10-18(8)14(19)20-15(4,5)6/h9-10H2,1-8H3,(H,16,17). The molecule has 0 radical (unpaired) electrons. The van der Waals surface area contributed by atoms with E-state index in [-0.39, 0.29) is 6.09 Å². The minimum absolute atomic E-state index is 0.300. The van der Waals surface area contributed by atoms with Gasteiger partial charge in [-0.05, 0) is 41.5 Å². The first-order chi connectivity index (χ1) is 9.06. The summed E-state index contributed by atoms with van der Waals surface area (Å²) < 4.78 is 5.32. The normalized spacial score (nSPS) is 11.9. The largest absolute Gasteiger partial charge is 0.444 e.